The van der Waals surface area contributed by atoms with Crippen LogP contribution in [-0.4, -0.2) is 24.5 Å². The maximum Gasteiger partial charge on any atom is 0.416 e. The Morgan fingerprint density at radius 2 is 1.82 bits per heavy atom. The lowest BCUT2D eigenvalue weighted by atomic mass is 10.1. The molecule has 0 aliphatic carbocycles. The summed E-state index contributed by atoms with van der Waals surface area (Å²) in [7, 11) is -4.36. The molecule has 146 valence electrons. The summed E-state index contributed by atoms with van der Waals surface area (Å²) in [5.41, 5.74) is -0.831. The average molecular weight is 410 g/mol. The number of aromatic nitrogens is 2. The molecular formula is C17H13F3N4O3S. The van der Waals surface area contributed by atoms with E-state index in [9.17, 15) is 26.4 Å². The smallest absolute Gasteiger partial charge is 0.319 e. The van der Waals surface area contributed by atoms with E-state index in [1.807, 2.05) is 0 Å². The summed E-state index contributed by atoms with van der Waals surface area (Å²) < 4.78 is 65.8. The second-order valence-corrected chi connectivity index (χ2v) is 7.30. The largest absolute Gasteiger partial charge is 0.416 e. The summed E-state index contributed by atoms with van der Waals surface area (Å²) in [5, 5.41) is 8.70. The van der Waals surface area contributed by atoms with Crippen molar-refractivity contribution >= 4 is 27.3 Å². The minimum atomic E-state index is -4.69. The monoisotopic (exact) mass is 410 g/mol. The minimum absolute atomic E-state index is 0.0146. The number of aromatic amines is 1. The molecule has 0 aliphatic rings. The molecule has 1 aromatic heterocycles. The predicted octanol–water partition coefficient (Wildman–Crippen LogP) is 3.48. The molecule has 1 amide bonds. The molecule has 0 aliphatic heterocycles. The zero-order chi connectivity index (χ0) is 20.4. The van der Waals surface area contributed by atoms with E-state index >= 15 is 0 Å². The number of benzene rings is 2. The van der Waals surface area contributed by atoms with Crippen LogP contribution in [0.1, 0.15) is 15.9 Å². The molecule has 2 aromatic carbocycles. The van der Waals surface area contributed by atoms with Crippen LogP contribution in [0.5, 0.6) is 0 Å². The molecular weight excluding hydrogens is 397 g/mol. The first-order valence-electron chi connectivity index (χ1n) is 7.76. The first-order valence-corrected chi connectivity index (χ1v) is 9.24. The molecule has 11 heteroatoms. The van der Waals surface area contributed by atoms with Gasteiger partial charge in [-0.25, -0.2) is 8.42 Å². The Balaban J connectivity index is 1.90. The summed E-state index contributed by atoms with van der Waals surface area (Å²) >= 11 is 0. The molecule has 7 nitrogen and oxygen atoms in total. The Labute approximate surface area is 157 Å². The minimum Gasteiger partial charge on any atom is -0.319 e. The van der Waals surface area contributed by atoms with Crippen LogP contribution >= 0.6 is 0 Å². The molecule has 0 spiro atoms. The summed E-state index contributed by atoms with van der Waals surface area (Å²) in [4.78, 5) is 11.8. The van der Waals surface area contributed by atoms with Gasteiger partial charge in [0.1, 0.15) is 0 Å². The fourth-order valence-electron chi connectivity index (χ4n) is 2.33. The van der Waals surface area contributed by atoms with Crippen molar-refractivity contribution < 1.29 is 26.4 Å². The molecule has 0 saturated carbocycles. The van der Waals surface area contributed by atoms with Gasteiger partial charge >= 0.3 is 6.18 Å². The summed E-state index contributed by atoms with van der Waals surface area (Å²) in [6, 6.07) is 9.03. The van der Waals surface area contributed by atoms with Crippen LogP contribution in [0, 0.1) is 0 Å². The lowest BCUT2D eigenvalue weighted by molar-refractivity contribution is -0.137. The molecule has 28 heavy (non-hydrogen) atoms. The van der Waals surface area contributed by atoms with Crippen molar-refractivity contribution in [1.82, 2.24) is 10.2 Å². The van der Waals surface area contributed by atoms with Crippen LogP contribution < -0.4 is 10.0 Å². The SMILES string of the molecule is O=C(Nc1cn[nH]c1)c1ccccc1NS(=O)(=O)c1cccc(C(F)(F)F)c1. The highest BCUT2D eigenvalue weighted by atomic mass is 32.2. The van der Waals surface area contributed by atoms with Gasteiger partial charge in [-0.1, -0.05) is 18.2 Å². The van der Waals surface area contributed by atoms with Crippen LogP contribution in [0.2, 0.25) is 0 Å². The van der Waals surface area contributed by atoms with Crippen LogP contribution in [0.15, 0.2) is 65.8 Å². The number of carbonyl (C=O) groups is 1. The number of alkyl halides is 3. The quantitative estimate of drug-likeness (QED) is 0.599. The first-order chi connectivity index (χ1) is 13.2. The molecule has 0 unspecified atom stereocenters. The number of amides is 1. The van der Waals surface area contributed by atoms with E-state index in [2.05, 4.69) is 20.2 Å². The van der Waals surface area contributed by atoms with Gasteiger partial charge in [-0.3, -0.25) is 14.6 Å². The lowest BCUT2D eigenvalue weighted by Gasteiger charge is -2.13. The highest BCUT2D eigenvalue weighted by molar-refractivity contribution is 7.92. The van der Waals surface area contributed by atoms with Gasteiger partial charge in [-0.05, 0) is 30.3 Å². The van der Waals surface area contributed by atoms with E-state index in [4.69, 9.17) is 0 Å². The number of rotatable bonds is 5. The van der Waals surface area contributed by atoms with Gasteiger partial charge in [-0.15, -0.1) is 0 Å². The summed E-state index contributed by atoms with van der Waals surface area (Å²) in [5.74, 6) is -0.622. The third-order valence-electron chi connectivity index (χ3n) is 3.64. The fourth-order valence-corrected chi connectivity index (χ4v) is 3.46. The van der Waals surface area contributed by atoms with Gasteiger partial charge in [-0.2, -0.15) is 18.3 Å². The van der Waals surface area contributed by atoms with E-state index in [-0.39, 0.29) is 11.3 Å². The second-order valence-electron chi connectivity index (χ2n) is 5.62. The molecule has 0 radical (unpaired) electrons. The van der Waals surface area contributed by atoms with Gasteiger partial charge in [0.2, 0.25) is 0 Å². The van der Waals surface area contributed by atoms with Gasteiger partial charge < -0.3 is 5.32 Å². The first kappa shape index (κ1) is 19.4. The molecule has 0 atom stereocenters. The third kappa shape index (κ3) is 4.31. The van der Waals surface area contributed by atoms with Crippen LogP contribution in [0.3, 0.4) is 0 Å². The van der Waals surface area contributed by atoms with Crippen LogP contribution in [0.4, 0.5) is 24.5 Å². The molecule has 0 saturated heterocycles. The zero-order valence-corrected chi connectivity index (χ0v) is 14.8. The number of anilines is 2. The molecule has 3 rings (SSSR count). The Morgan fingerprint density at radius 1 is 1.07 bits per heavy atom. The third-order valence-corrected chi connectivity index (χ3v) is 5.01. The Bertz CT molecular complexity index is 1100. The van der Waals surface area contributed by atoms with Crippen molar-refractivity contribution in [3.05, 3.63) is 72.1 Å². The Morgan fingerprint density at radius 3 is 2.50 bits per heavy atom. The van der Waals surface area contributed by atoms with Crippen molar-refractivity contribution in [2.75, 3.05) is 10.0 Å². The van der Waals surface area contributed by atoms with Crippen molar-refractivity contribution in [1.29, 1.82) is 0 Å². The number of H-pyrrole nitrogens is 1. The summed E-state index contributed by atoms with van der Waals surface area (Å²) in [6.45, 7) is 0. The maximum atomic E-state index is 12.9. The number of nitrogens with one attached hydrogen (secondary N) is 3. The summed E-state index contributed by atoms with van der Waals surface area (Å²) in [6.07, 6.45) is -1.91. The van der Waals surface area contributed by atoms with Crippen molar-refractivity contribution in [2.45, 2.75) is 11.1 Å². The number of hydrogen-bond acceptors (Lipinski definition) is 4. The van der Waals surface area contributed by atoms with Gasteiger partial charge in [0.15, 0.2) is 0 Å². The average Bonchev–Trinajstić information content (AvgIpc) is 3.14. The topological polar surface area (TPSA) is 104 Å². The van der Waals surface area contributed by atoms with Gasteiger partial charge in [0.05, 0.1) is 33.6 Å². The standard InChI is InChI=1S/C17H13F3N4O3S/c18-17(19,20)11-4-3-5-13(8-11)28(26,27)24-15-7-2-1-6-14(15)16(25)23-12-9-21-22-10-12/h1-10,24H,(H,21,22)(H,23,25). The zero-order valence-electron chi connectivity index (χ0n) is 14.0. The molecule has 3 N–H and O–H groups in total. The fraction of sp³-hybridized carbons (Fsp3) is 0.0588. The number of sulfonamides is 1. The molecule has 3 aromatic rings. The number of hydrogen-bond donors (Lipinski definition) is 3. The highest BCUT2D eigenvalue weighted by Crippen LogP contribution is 2.31. The molecule has 0 bridgehead atoms. The normalized spacial score (nSPS) is 11.8. The van der Waals surface area contributed by atoms with E-state index in [0.717, 1.165) is 18.2 Å². The van der Waals surface area contributed by atoms with E-state index < -0.39 is 32.6 Å². The number of halogens is 3. The van der Waals surface area contributed by atoms with Crippen molar-refractivity contribution in [3.8, 4) is 0 Å². The van der Waals surface area contributed by atoms with E-state index in [0.29, 0.717) is 11.8 Å². The lowest BCUT2D eigenvalue weighted by Crippen LogP contribution is -2.19. The Hall–Kier alpha value is -3.34. The van der Waals surface area contributed by atoms with Gasteiger partial charge in [0, 0.05) is 6.20 Å². The molecule has 1 heterocycles. The van der Waals surface area contributed by atoms with Crippen molar-refractivity contribution in [2.24, 2.45) is 0 Å². The van der Waals surface area contributed by atoms with E-state index in [1.165, 1.54) is 36.7 Å². The Kier molecular flexibility index (Phi) is 5.10. The maximum absolute atomic E-state index is 12.9. The number of carbonyl (C=O) groups excluding carboxylic acids is 1. The number of nitrogens with zero attached hydrogens (tertiary/aromatic N) is 1. The predicted molar refractivity (Wildman–Crippen MR) is 95.2 cm³/mol. The number of para-hydroxylation sites is 1. The highest BCUT2D eigenvalue weighted by Gasteiger charge is 2.31. The van der Waals surface area contributed by atoms with Crippen LogP contribution in [-0.2, 0) is 16.2 Å². The molecule has 0 fully saturated rings. The van der Waals surface area contributed by atoms with E-state index in [1.54, 1.807) is 0 Å². The van der Waals surface area contributed by atoms with Crippen molar-refractivity contribution in [3.63, 3.8) is 0 Å². The van der Waals surface area contributed by atoms with Crippen LogP contribution in [0.25, 0.3) is 0 Å². The second kappa shape index (κ2) is 7.35. The van der Waals surface area contributed by atoms with Gasteiger partial charge in [0.25, 0.3) is 15.9 Å².